The summed E-state index contributed by atoms with van der Waals surface area (Å²) < 4.78 is 0. The van der Waals surface area contributed by atoms with Crippen LogP contribution in [0, 0.1) is 28.6 Å². The van der Waals surface area contributed by atoms with Gasteiger partial charge in [0.25, 0.3) is 0 Å². The molecule has 4 heteroatoms. The van der Waals surface area contributed by atoms with Gasteiger partial charge in [0, 0.05) is 17.0 Å². The molecule has 4 rings (SSSR count). The SMILES string of the molecule is C[C@@]12CCC[C@H]1[C@@H]1C=C(N=[N+]=[N-])C3=CC(=O)CC[C@]3(C)[C@H]1CC2. The standard InChI is InChI=1S/C19H25N3O/c1-18-7-3-4-14(18)13-11-17(21-22-20)16-10-12(23)5-9-19(16,2)15(13)6-8-18/h10-11,13-15H,3-9H2,1-2H3/t13-,14-,15-,18-,19+/m0/s1. The average molecular weight is 311 g/mol. The Morgan fingerprint density at radius 3 is 2.83 bits per heavy atom. The molecule has 0 amide bonds. The molecule has 0 spiro atoms. The van der Waals surface area contributed by atoms with Gasteiger partial charge in [0.05, 0.1) is 0 Å². The summed E-state index contributed by atoms with van der Waals surface area (Å²) in [5.74, 6) is 1.99. The topological polar surface area (TPSA) is 65.8 Å². The number of rotatable bonds is 1. The summed E-state index contributed by atoms with van der Waals surface area (Å²) in [5.41, 5.74) is 11.2. The van der Waals surface area contributed by atoms with Gasteiger partial charge in [0.1, 0.15) is 0 Å². The molecule has 0 aromatic heterocycles. The van der Waals surface area contributed by atoms with Gasteiger partial charge in [-0.05, 0) is 77.9 Å². The largest absolute Gasteiger partial charge is 0.295 e. The molecular formula is C19H25N3O. The molecule has 0 unspecified atom stereocenters. The number of nitrogens with zero attached hydrogens (tertiary/aromatic N) is 3. The maximum Gasteiger partial charge on any atom is 0.156 e. The van der Waals surface area contributed by atoms with E-state index in [1.54, 1.807) is 6.08 Å². The Morgan fingerprint density at radius 2 is 2.04 bits per heavy atom. The zero-order valence-corrected chi connectivity index (χ0v) is 14.1. The minimum absolute atomic E-state index is 0.000764. The number of hydrogen-bond acceptors (Lipinski definition) is 2. The van der Waals surface area contributed by atoms with E-state index in [4.69, 9.17) is 5.53 Å². The lowest BCUT2D eigenvalue weighted by molar-refractivity contribution is -0.116. The van der Waals surface area contributed by atoms with Crippen molar-refractivity contribution >= 4 is 5.78 Å². The summed E-state index contributed by atoms with van der Waals surface area (Å²) in [6, 6.07) is 0. The van der Waals surface area contributed by atoms with Crippen LogP contribution < -0.4 is 0 Å². The first-order valence-electron chi connectivity index (χ1n) is 9.00. The van der Waals surface area contributed by atoms with Gasteiger partial charge in [-0.3, -0.25) is 4.79 Å². The van der Waals surface area contributed by atoms with Crippen LogP contribution in [-0.4, -0.2) is 5.78 Å². The Balaban J connectivity index is 1.86. The van der Waals surface area contributed by atoms with Crippen molar-refractivity contribution in [3.05, 3.63) is 33.9 Å². The van der Waals surface area contributed by atoms with E-state index < -0.39 is 0 Å². The molecule has 0 aromatic carbocycles. The van der Waals surface area contributed by atoms with Gasteiger partial charge in [-0.1, -0.05) is 31.5 Å². The van der Waals surface area contributed by atoms with Gasteiger partial charge in [-0.2, -0.15) is 0 Å². The summed E-state index contributed by atoms with van der Waals surface area (Å²) in [6.45, 7) is 4.76. The fraction of sp³-hybridized carbons (Fsp3) is 0.737. The van der Waals surface area contributed by atoms with Gasteiger partial charge >= 0.3 is 0 Å². The maximum absolute atomic E-state index is 12.0. The van der Waals surface area contributed by atoms with Crippen LogP contribution in [0.25, 0.3) is 10.4 Å². The summed E-state index contributed by atoms with van der Waals surface area (Å²) in [6.07, 6.45) is 12.0. The normalized spacial score (nSPS) is 45.1. The molecule has 2 fully saturated rings. The third kappa shape index (κ3) is 2.04. The molecule has 0 radical (unpaired) electrons. The van der Waals surface area contributed by atoms with Crippen LogP contribution in [0.5, 0.6) is 0 Å². The molecule has 2 saturated carbocycles. The Hall–Kier alpha value is -1.54. The first-order valence-corrected chi connectivity index (χ1v) is 9.00. The molecule has 4 aliphatic rings. The summed E-state index contributed by atoms with van der Waals surface area (Å²) in [5, 5.41) is 4.00. The van der Waals surface area contributed by atoms with E-state index in [0.717, 1.165) is 17.7 Å². The molecule has 0 heterocycles. The van der Waals surface area contributed by atoms with E-state index >= 15 is 0 Å². The molecule has 0 aromatic rings. The van der Waals surface area contributed by atoms with Gasteiger partial charge in [0.15, 0.2) is 5.78 Å². The highest BCUT2D eigenvalue weighted by Crippen LogP contribution is 2.64. The number of carbonyl (C=O) groups is 1. The van der Waals surface area contributed by atoms with E-state index in [2.05, 4.69) is 29.9 Å². The highest BCUT2D eigenvalue weighted by molar-refractivity contribution is 5.92. The third-order valence-electron chi connectivity index (χ3n) is 7.52. The zero-order chi connectivity index (χ0) is 16.2. The van der Waals surface area contributed by atoms with Crippen LogP contribution in [-0.2, 0) is 4.79 Å². The van der Waals surface area contributed by atoms with Crippen LogP contribution in [0.4, 0.5) is 0 Å². The molecule has 0 saturated heterocycles. The molecule has 122 valence electrons. The average Bonchev–Trinajstić information content (AvgIpc) is 2.91. The van der Waals surface area contributed by atoms with Crippen LogP contribution in [0.3, 0.4) is 0 Å². The van der Waals surface area contributed by atoms with Crippen molar-refractivity contribution < 1.29 is 4.79 Å². The predicted molar refractivity (Wildman–Crippen MR) is 89.3 cm³/mol. The summed E-state index contributed by atoms with van der Waals surface area (Å²) in [7, 11) is 0. The van der Waals surface area contributed by atoms with E-state index in [1.807, 2.05) is 0 Å². The van der Waals surface area contributed by atoms with Crippen molar-refractivity contribution in [2.75, 3.05) is 0 Å². The van der Waals surface area contributed by atoms with Crippen LogP contribution in [0.15, 0.2) is 28.5 Å². The quantitative estimate of drug-likeness (QED) is 0.367. The molecule has 4 aliphatic carbocycles. The Labute approximate surface area is 137 Å². The highest BCUT2D eigenvalue weighted by atomic mass is 16.1. The summed E-state index contributed by atoms with van der Waals surface area (Å²) in [4.78, 5) is 15.0. The number of fused-ring (bicyclic) bond motifs is 5. The van der Waals surface area contributed by atoms with E-state index in [1.165, 1.54) is 32.1 Å². The number of hydrogen-bond donors (Lipinski definition) is 0. The second-order valence-corrected chi connectivity index (χ2v) is 8.56. The minimum Gasteiger partial charge on any atom is -0.295 e. The number of azide groups is 1. The lowest BCUT2D eigenvalue weighted by Gasteiger charge is -2.55. The van der Waals surface area contributed by atoms with Crippen LogP contribution in [0.1, 0.15) is 58.8 Å². The molecule has 4 nitrogen and oxygen atoms in total. The van der Waals surface area contributed by atoms with Crippen LogP contribution >= 0.6 is 0 Å². The Morgan fingerprint density at radius 1 is 1.22 bits per heavy atom. The molecule has 0 bridgehead atoms. The number of ketones is 1. The molecule has 23 heavy (non-hydrogen) atoms. The van der Waals surface area contributed by atoms with Crippen molar-refractivity contribution in [3.8, 4) is 0 Å². The van der Waals surface area contributed by atoms with Crippen molar-refractivity contribution in [2.24, 2.45) is 33.7 Å². The minimum atomic E-state index is 0.000764. The number of carbonyl (C=O) groups excluding carboxylic acids is 1. The fourth-order valence-electron chi connectivity index (χ4n) is 6.24. The van der Waals surface area contributed by atoms with Crippen LogP contribution in [0.2, 0.25) is 0 Å². The van der Waals surface area contributed by atoms with Crippen molar-refractivity contribution in [1.29, 1.82) is 0 Å². The number of allylic oxidation sites excluding steroid dienone is 3. The lowest BCUT2D eigenvalue weighted by Crippen LogP contribution is -2.48. The lowest BCUT2D eigenvalue weighted by atomic mass is 9.49. The predicted octanol–water partition coefficient (Wildman–Crippen LogP) is 5.32. The fourth-order valence-corrected chi connectivity index (χ4v) is 6.24. The zero-order valence-electron chi connectivity index (χ0n) is 14.1. The van der Waals surface area contributed by atoms with E-state index in [9.17, 15) is 4.79 Å². The monoisotopic (exact) mass is 311 g/mol. The Kier molecular flexibility index (Phi) is 3.25. The molecular weight excluding hydrogens is 286 g/mol. The summed E-state index contributed by atoms with van der Waals surface area (Å²) >= 11 is 0. The van der Waals surface area contributed by atoms with Crippen molar-refractivity contribution in [1.82, 2.24) is 0 Å². The molecule has 0 aliphatic heterocycles. The third-order valence-corrected chi connectivity index (χ3v) is 7.52. The first-order chi connectivity index (χ1) is 11.0. The Bertz CT molecular complexity index is 672. The van der Waals surface area contributed by atoms with Gasteiger partial charge in [-0.25, -0.2) is 0 Å². The van der Waals surface area contributed by atoms with Gasteiger partial charge < -0.3 is 0 Å². The molecule has 0 N–H and O–H groups in total. The van der Waals surface area contributed by atoms with E-state index in [-0.39, 0.29) is 11.2 Å². The first kappa shape index (κ1) is 15.0. The highest BCUT2D eigenvalue weighted by Gasteiger charge is 2.56. The maximum atomic E-state index is 12.0. The molecule has 5 atom stereocenters. The second-order valence-electron chi connectivity index (χ2n) is 8.56. The van der Waals surface area contributed by atoms with E-state index in [0.29, 0.717) is 29.6 Å². The van der Waals surface area contributed by atoms with Gasteiger partial charge in [-0.15, -0.1) is 0 Å². The smallest absolute Gasteiger partial charge is 0.156 e. The van der Waals surface area contributed by atoms with Gasteiger partial charge in [0.2, 0.25) is 0 Å². The van der Waals surface area contributed by atoms with Crippen molar-refractivity contribution in [2.45, 2.75) is 58.8 Å². The second kappa shape index (κ2) is 4.98. The van der Waals surface area contributed by atoms with Crippen molar-refractivity contribution in [3.63, 3.8) is 0 Å².